The maximum absolute atomic E-state index is 12.3. The summed E-state index contributed by atoms with van der Waals surface area (Å²) < 4.78 is 46.2. The molecule has 1 aromatic carbocycles. The van der Waals surface area contributed by atoms with Gasteiger partial charge in [0.1, 0.15) is 5.56 Å². The SMILES string of the molecule is CCOC(=O)/C(=N\Nc1ccc(S(=O)(=O)O)cc1)c1onc(C)c1C(=O)OCC. The van der Waals surface area contributed by atoms with Crippen molar-refractivity contribution in [2.24, 2.45) is 5.10 Å². The molecule has 2 aromatic rings. The Hall–Kier alpha value is -3.25. The zero-order valence-electron chi connectivity index (χ0n) is 15.8. The van der Waals surface area contributed by atoms with Crippen molar-refractivity contribution >= 4 is 33.5 Å². The number of carbonyl (C=O) groups is 2. The van der Waals surface area contributed by atoms with Gasteiger partial charge in [0.2, 0.25) is 11.5 Å². The molecule has 2 N–H and O–H groups in total. The number of hydrazone groups is 1. The summed E-state index contributed by atoms with van der Waals surface area (Å²) in [6, 6.07) is 4.90. The van der Waals surface area contributed by atoms with E-state index < -0.39 is 22.1 Å². The van der Waals surface area contributed by atoms with Gasteiger partial charge in [-0.25, -0.2) is 9.59 Å². The van der Waals surface area contributed by atoms with Gasteiger partial charge in [-0.15, -0.1) is 0 Å². The van der Waals surface area contributed by atoms with Crippen molar-refractivity contribution in [1.29, 1.82) is 0 Å². The molecule has 11 nitrogen and oxygen atoms in total. The van der Waals surface area contributed by atoms with Crippen molar-refractivity contribution in [3.63, 3.8) is 0 Å². The van der Waals surface area contributed by atoms with Crippen molar-refractivity contribution in [2.45, 2.75) is 25.7 Å². The predicted molar refractivity (Wildman–Crippen MR) is 100 cm³/mol. The molecule has 0 fully saturated rings. The van der Waals surface area contributed by atoms with Gasteiger partial charge < -0.3 is 14.0 Å². The van der Waals surface area contributed by atoms with Crippen LogP contribution >= 0.6 is 0 Å². The van der Waals surface area contributed by atoms with Crippen molar-refractivity contribution in [3.8, 4) is 0 Å². The first-order valence-corrected chi connectivity index (χ1v) is 9.85. The molecular formula is C17H19N3O8S. The second-order valence-electron chi connectivity index (χ2n) is 5.48. The number of rotatable bonds is 8. The van der Waals surface area contributed by atoms with E-state index in [1.165, 1.54) is 19.1 Å². The third-order valence-corrected chi connectivity index (χ3v) is 4.34. The molecule has 0 aliphatic heterocycles. The summed E-state index contributed by atoms with van der Waals surface area (Å²) in [7, 11) is -4.34. The standard InChI is InChI=1S/C17H19N3O8S/c1-4-26-16(21)13-10(3)20-28-15(13)14(17(22)27-5-2)19-18-11-6-8-12(9-7-11)29(23,24)25/h6-9,18H,4-5H2,1-3H3,(H,23,24,25)/b19-14-. The highest BCUT2D eigenvalue weighted by Crippen LogP contribution is 2.18. The van der Waals surface area contributed by atoms with Gasteiger partial charge in [0.25, 0.3) is 10.1 Å². The molecule has 0 radical (unpaired) electrons. The maximum Gasteiger partial charge on any atom is 0.362 e. The Bertz CT molecular complexity index is 1030. The van der Waals surface area contributed by atoms with Gasteiger partial charge in [0.15, 0.2) is 0 Å². The quantitative estimate of drug-likeness (QED) is 0.276. The average Bonchev–Trinajstić information content (AvgIpc) is 3.03. The van der Waals surface area contributed by atoms with Crippen LogP contribution in [0.15, 0.2) is 38.8 Å². The van der Waals surface area contributed by atoms with Crippen LogP contribution in [0.2, 0.25) is 0 Å². The molecule has 0 saturated carbocycles. The molecule has 0 spiro atoms. The highest BCUT2D eigenvalue weighted by atomic mass is 32.2. The number of hydrogen-bond acceptors (Lipinski definition) is 10. The molecule has 0 atom stereocenters. The molecule has 0 bridgehead atoms. The molecule has 0 aliphatic rings. The second kappa shape index (κ2) is 9.30. The minimum atomic E-state index is -4.34. The number of ether oxygens (including phenoxy) is 2. The second-order valence-corrected chi connectivity index (χ2v) is 6.91. The normalized spacial score (nSPS) is 11.8. The Balaban J connectivity index is 2.42. The minimum Gasteiger partial charge on any atom is -0.462 e. The third-order valence-electron chi connectivity index (χ3n) is 3.48. The van der Waals surface area contributed by atoms with Gasteiger partial charge in [-0.05, 0) is 45.0 Å². The third kappa shape index (κ3) is 5.39. The first-order chi connectivity index (χ1) is 13.7. The van der Waals surface area contributed by atoms with E-state index in [1.807, 2.05) is 0 Å². The zero-order chi connectivity index (χ0) is 21.6. The number of esters is 2. The highest BCUT2D eigenvalue weighted by Gasteiger charge is 2.30. The van der Waals surface area contributed by atoms with Crippen molar-refractivity contribution in [3.05, 3.63) is 41.3 Å². The highest BCUT2D eigenvalue weighted by molar-refractivity contribution is 7.85. The fourth-order valence-corrected chi connectivity index (χ4v) is 2.67. The largest absolute Gasteiger partial charge is 0.462 e. The lowest BCUT2D eigenvalue weighted by molar-refractivity contribution is -0.135. The monoisotopic (exact) mass is 425 g/mol. The molecule has 0 amide bonds. The van der Waals surface area contributed by atoms with Crippen LogP contribution in [0.3, 0.4) is 0 Å². The lowest BCUT2D eigenvalue weighted by Gasteiger charge is -2.07. The van der Waals surface area contributed by atoms with Crippen LogP contribution < -0.4 is 5.43 Å². The summed E-state index contributed by atoms with van der Waals surface area (Å²) in [6.45, 7) is 4.87. The van der Waals surface area contributed by atoms with E-state index in [-0.39, 0.29) is 46.5 Å². The molecule has 2 rings (SSSR count). The Kier molecular flexibility index (Phi) is 7.07. The first-order valence-electron chi connectivity index (χ1n) is 8.41. The summed E-state index contributed by atoms with van der Waals surface area (Å²) in [5, 5.41) is 7.62. The van der Waals surface area contributed by atoms with Crippen LogP contribution in [0.4, 0.5) is 5.69 Å². The average molecular weight is 425 g/mol. The van der Waals surface area contributed by atoms with E-state index >= 15 is 0 Å². The molecule has 1 aromatic heterocycles. The number of aryl methyl sites for hydroxylation is 1. The lowest BCUT2D eigenvalue weighted by Crippen LogP contribution is -2.22. The van der Waals surface area contributed by atoms with Crippen LogP contribution in [0.1, 0.15) is 35.7 Å². The summed E-state index contributed by atoms with van der Waals surface area (Å²) in [4.78, 5) is 24.2. The molecule has 29 heavy (non-hydrogen) atoms. The predicted octanol–water partition coefficient (Wildman–Crippen LogP) is 1.79. The van der Waals surface area contributed by atoms with E-state index in [4.69, 9.17) is 18.5 Å². The Morgan fingerprint density at radius 1 is 1.17 bits per heavy atom. The van der Waals surface area contributed by atoms with Gasteiger partial charge in [-0.2, -0.15) is 13.5 Å². The molecule has 12 heteroatoms. The number of anilines is 1. The summed E-state index contributed by atoms with van der Waals surface area (Å²) in [5.74, 6) is -1.85. The fourth-order valence-electron chi connectivity index (χ4n) is 2.19. The fraction of sp³-hybridized carbons (Fsp3) is 0.294. The van der Waals surface area contributed by atoms with Crippen LogP contribution in [0, 0.1) is 6.92 Å². The van der Waals surface area contributed by atoms with E-state index in [0.29, 0.717) is 0 Å². The van der Waals surface area contributed by atoms with Gasteiger partial charge >= 0.3 is 11.9 Å². The van der Waals surface area contributed by atoms with E-state index in [0.717, 1.165) is 12.1 Å². The van der Waals surface area contributed by atoms with Crippen molar-refractivity contribution in [2.75, 3.05) is 18.6 Å². The first kappa shape index (κ1) is 22.0. The van der Waals surface area contributed by atoms with Crippen molar-refractivity contribution < 1.29 is 36.6 Å². The number of nitrogens with zero attached hydrogens (tertiary/aromatic N) is 2. The molecular weight excluding hydrogens is 406 g/mol. The smallest absolute Gasteiger partial charge is 0.362 e. The molecule has 1 heterocycles. The van der Waals surface area contributed by atoms with Gasteiger partial charge in [0.05, 0.1) is 29.5 Å². The lowest BCUT2D eigenvalue weighted by atomic mass is 10.1. The molecule has 0 saturated heterocycles. The number of aromatic nitrogens is 1. The summed E-state index contributed by atoms with van der Waals surface area (Å²) >= 11 is 0. The topological polar surface area (TPSA) is 157 Å². The van der Waals surface area contributed by atoms with Crippen LogP contribution in [-0.4, -0.2) is 49.0 Å². The number of carbonyl (C=O) groups excluding carboxylic acids is 2. The maximum atomic E-state index is 12.3. The molecule has 0 unspecified atom stereocenters. The Morgan fingerprint density at radius 3 is 2.34 bits per heavy atom. The zero-order valence-corrected chi connectivity index (χ0v) is 16.6. The van der Waals surface area contributed by atoms with Crippen LogP contribution in [0.25, 0.3) is 0 Å². The van der Waals surface area contributed by atoms with Gasteiger partial charge in [0, 0.05) is 0 Å². The van der Waals surface area contributed by atoms with Gasteiger partial charge in [-0.1, -0.05) is 5.16 Å². The Labute approximate surface area is 166 Å². The van der Waals surface area contributed by atoms with Crippen LogP contribution in [-0.2, 0) is 24.4 Å². The summed E-state index contributed by atoms with van der Waals surface area (Å²) in [5.41, 5.74) is 2.59. The van der Waals surface area contributed by atoms with E-state index in [9.17, 15) is 18.0 Å². The van der Waals surface area contributed by atoms with Crippen LogP contribution in [0.5, 0.6) is 0 Å². The molecule has 156 valence electrons. The number of hydrogen-bond donors (Lipinski definition) is 2. The molecule has 0 aliphatic carbocycles. The summed E-state index contributed by atoms with van der Waals surface area (Å²) in [6.07, 6.45) is 0. The van der Waals surface area contributed by atoms with E-state index in [2.05, 4.69) is 15.7 Å². The minimum absolute atomic E-state index is 0.0444. The number of benzene rings is 1. The van der Waals surface area contributed by atoms with Crippen molar-refractivity contribution in [1.82, 2.24) is 5.16 Å². The Morgan fingerprint density at radius 2 is 1.79 bits per heavy atom. The number of nitrogens with one attached hydrogen (secondary N) is 1. The van der Waals surface area contributed by atoms with Gasteiger partial charge in [-0.3, -0.25) is 9.98 Å². The van der Waals surface area contributed by atoms with E-state index in [1.54, 1.807) is 13.8 Å².